The molecule has 21 heavy (non-hydrogen) atoms. The van der Waals surface area contributed by atoms with E-state index in [0.717, 1.165) is 11.3 Å². The monoisotopic (exact) mass is 296 g/mol. The lowest BCUT2D eigenvalue weighted by atomic mass is 10.0. The van der Waals surface area contributed by atoms with Crippen molar-refractivity contribution >= 4 is 12.3 Å². The number of ether oxygens (including phenoxy) is 3. The van der Waals surface area contributed by atoms with Crippen molar-refractivity contribution in [1.82, 2.24) is 0 Å². The summed E-state index contributed by atoms with van der Waals surface area (Å²) < 4.78 is 14.9. The van der Waals surface area contributed by atoms with Crippen LogP contribution in [0.5, 0.6) is 5.75 Å². The summed E-state index contributed by atoms with van der Waals surface area (Å²) in [5.41, 5.74) is 0.915. The SMILES string of the molecule is COC(=O)C[C@H](C=O)[C@@H](O)COCc1ccc(OC)cc1. The van der Waals surface area contributed by atoms with Gasteiger partial charge in [-0.05, 0) is 17.7 Å². The predicted octanol–water partition coefficient (Wildman–Crippen LogP) is 0.951. The number of hydrogen-bond donors (Lipinski definition) is 1. The lowest BCUT2D eigenvalue weighted by molar-refractivity contribution is -0.144. The fraction of sp³-hybridized carbons (Fsp3) is 0.467. The minimum absolute atomic E-state index is 0.0353. The summed E-state index contributed by atoms with van der Waals surface area (Å²) in [4.78, 5) is 22.0. The topological polar surface area (TPSA) is 82.1 Å². The molecule has 1 rings (SSSR count). The maximum atomic E-state index is 11.1. The Kier molecular flexibility index (Phi) is 7.42. The molecule has 0 fully saturated rings. The lowest BCUT2D eigenvalue weighted by Crippen LogP contribution is -2.29. The Morgan fingerprint density at radius 1 is 1.29 bits per heavy atom. The van der Waals surface area contributed by atoms with Gasteiger partial charge in [0.1, 0.15) is 12.0 Å². The van der Waals surface area contributed by atoms with Crippen LogP contribution >= 0.6 is 0 Å². The first-order valence-electron chi connectivity index (χ1n) is 6.51. The van der Waals surface area contributed by atoms with Gasteiger partial charge in [0.05, 0.1) is 45.9 Å². The molecule has 0 aliphatic rings. The van der Waals surface area contributed by atoms with Crippen molar-refractivity contribution in [2.75, 3.05) is 20.8 Å². The maximum absolute atomic E-state index is 11.1. The van der Waals surface area contributed by atoms with Crippen LogP contribution in [-0.4, -0.2) is 44.3 Å². The van der Waals surface area contributed by atoms with Gasteiger partial charge in [0.2, 0.25) is 0 Å². The van der Waals surface area contributed by atoms with E-state index in [1.54, 1.807) is 19.2 Å². The number of aldehydes is 1. The number of methoxy groups -OCH3 is 2. The predicted molar refractivity (Wildman–Crippen MR) is 74.8 cm³/mol. The number of carbonyl (C=O) groups is 2. The van der Waals surface area contributed by atoms with Gasteiger partial charge in [-0.1, -0.05) is 12.1 Å². The second-order valence-corrected chi connectivity index (χ2v) is 4.51. The van der Waals surface area contributed by atoms with Crippen molar-refractivity contribution in [3.63, 3.8) is 0 Å². The van der Waals surface area contributed by atoms with Crippen LogP contribution in [-0.2, 0) is 25.7 Å². The number of aliphatic hydroxyl groups is 1. The zero-order valence-electron chi connectivity index (χ0n) is 12.2. The maximum Gasteiger partial charge on any atom is 0.306 e. The third kappa shape index (κ3) is 5.93. The van der Waals surface area contributed by atoms with Gasteiger partial charge in [0, 0.05) is 0 Å². The minimum Gasteiger partial charge on any atom is -0.497 e. The van der Waals surface area contributed by atoms with E-state index in [9.17, 15) is 14.7 Å². The Balaban J connectivity index is 2.38. The molecule has 0 radical (unpaired) electrons. The van der Waals surface area contributed by atoms with Gasteiger partial charge in [-0.25, -0.2) is 0 Å². The average molecular weight is 296 g/mol. The molecule has 0 unspecified atom stereocenters. The summed E-state index contributed by atoms with van der Waals surface area (Å²) in [6.45, 7) is 0.261. The van der Waals surface area contributed by atoms with E-state index in [2.05, 4.69) is 4.74 Å². The van der Waals surface area contributed by atoms with Crippen LogP contribution in [0.4, 0.5) is 0 Å². The molecule has 116 valence electrons. The number of aliphatic hydroxyl groups excluding tert-OH is 1. The third-order valence-corrected chi connectivity index (χ3v) is 3.02. The highest BCUT2D eigenvalue weighted by Gasteiger charge is 2.22. The first-order chi connectivity index (χ1) is 10.1. The molecular weight excluding hydrogens is 276 g/mol. The molecule has 0 aliphatic carbocycles. The Morgan fingerprint density at radius 2 is 1.95 bits per heavy atom. The van der Waals surface area contributed by atoms with Gasteiger partial charge < -0.3 is 24.1 Å². The molecule has 0 aromatic heterocycles. The van der Waals surface area contributed by atoms with Crippen molar-refractivity contribution in [3.05, 3.63) is 29.8 Å². The molecule has 0 saturated heterocycles. The Bertz CT molecular complexity index is 442. The molecule has 0 heterocycles. The molecule has 1 N–H and O–H groups in total. The Morgan fingerprint density at radius 3 is 2.48 bits per heavy atom. The summed E-state index contributed by atoms with van der Waals surface area (Å²) in [5, 5.41) is 9.83. The first kappa shape index (κ1) is 17.1. The number of carbonyl (C=O) groups excluding carboxylic acids is 2. The first-order valence-corrected chi connectivity index (χ1v) is 6.51. The van der Waals surface area contributed by atoms with Crippen molar-refractivity contribution < 1.29 is 28.9 Å². The number of esters is 1. The zero-order chi connectivity index (χ0) is 15.7. The van der Waals surface area contributed by atoms with E-state index in [0.29, 0.717) is 12.9 Å². The van der Waals surface area contributed by atoms with Crippen LogP contribution in [0.3, 0.4) is 0 Å². The van der Waals surface area contributed by atoms with E-state index in [1.807, 2.05) is 12.1 Å². The van der Waals surface area contributed by atoms with Gasteiger partial charge in [-0.2, -0.15) is 0 Å². The summed E-state index contributed by atoms with van der Waals surface area (Å²) in [6, 6.07) is 7.30. The van der Waals surface area contributed by atoms with Crippen molar-refractivity contribution in [3.8, 4) is 5.75 Å². The van der Waals surface area contributed by atoms with E-state index >= 15 is 0 Å². The van der Waals surface area contributed by atoms with Crippen LogP contribution in [0.25, 0.3) is 0 Å². The molecule has 6 nitrogen and oxygen atoms in total. The summed E-state index contributed by atoms with van der Waals surface area (Å²) >= 11 is 0. The normalized spacial score (nSPS) is 13.3. The van der Waals surface area contributed by atoms with Crippen LogP contribution < -0.4 is 4.74 Å². The third-order valence-electron chi connectivity index (χ3n) is 3.02. The molecule has 1 aromatic carbocycles. The van der Waals surface area contributed by atoms with E-state index in [1.165, 1.54) is 7.11 Å². The number of benzene rings is 1. The Labute approximate surface area is 123 Å². The molecule has 2 atom stereocenters. The molecular formula is C15H20O6. The molecule has 1 aromatic rings. The smallest absolute Gasteiger partial charge is 0.306 e. The molecule has 0 saturated carbocycles. The van der Waals surface area contributed by atoms with Gasteiger partial charge in [0.25, 0.3) is 0 Å². The highest BCUT2D eigenvalue weighted by molar-refractivity contribution is 5.73. The van der Waals surface area contributed by atoms with Crippen LogP contribution in [0.1, 0.15) is 12.0 Å². The standard InChI is InChI=1S/C15H20O6/c1-19-13-5-3-11(4-6-13)9-21-10-14(17)12(8-16)7-15(18)20-2/h3-6,8,12,14,17H,7,9-10H2,1-2H3/t12-,14+/m1/s1. The highest BCUT2D eigenvalue weighted by Crippen LogP contribution is 2.13. The van der Waals surface area contributed by atoms with Gasteiger partial charge in [0.15, 0.2) is 0 Å². The van der Waals surface area contributed by atoms with Gasteiger partial charge in [-0.3, -0.25) is 4.79 Å². The fourth-order valence-electron chi connectivity index (χ4n) is 1.69. The van der Waals surface area contributed by atoms with Crippen molar-refractivity contribution in [2.24, 2.45) is 5.92 Å². The zero-order valence-corrected chi connectivity index (χ0v) is 12.2. The Hall–Kier alpha value is -1.92. The summed E-state index contributed by atoms with van der Waals surface area (Å²) in [5.74, 6) is -0.618. The van der Waals surface area contributed by atoms with E-state index in [-0.39, 0.29) is 13.0 Å². The quantitative estimate of drug-likeness (QED) is 0.540. The minimum atomic E-state index is -1.04. The number of rotatable bonds is 9. The van der Waals surface area contributed by atoms with Crippen LogP contribution in [0, 0.1) is 5.92 Å². The van der Waals surface area contributed by atoms with Crippen molar-refractivity contribution in [2.45, 2.75) is 19.1 Å². The molecule has 0 aliphatic heterocycles. The van der Waals surface area contributed by atoms with Crippen molar-refractivity contribution in [1.29, 1.82) is 0 Å². The molecule has 0 amide bonds. The van der Waals surface area contributed by atoms with Crippen LogP contribution in [0.2, 0.25) is 0 Å². The lowest BCUT2D eigenvalue weighted by Gasteiger charge is -2.16. The second kappa shape index (κ2) is 9.10. The molecule has 6 heteroatoms. The molecule has 0 spiro atoms. The van der Waals surface area contributed by atoms with E-state index in [4.69, 9.17) is 9.47 Å². The fourth-order valence-corrected chi connectivity index (χ4v) is 1.69. The average Bonchev–Trinajstić information content (AvgIpc) is 2.52. The highest BCUT2D eigenvalue weighted by atomic mass is 16.5. The van der Waals surface area contributed by atoms with Gasteiger partial charge >= 0.3 is 5.97 Å². The largest absolute Gasteiger partial charge is 0.497 e. The number of hydrogen-bond acceptors (Lipinski definition) is 6. The second-order valence-electron chi connectivity index (χ2n) is 4.51. The summed E-state index contributed by atoms with van der Waals surface area (Å²) in [7, 11) is 2.82. The van der Waals surface area contributed by atoms with Crippen LogP contribution in [0.15, 0.2) is 24.3 Å². The molecule has 0 bridgehead atoms. The van der Waals surface area contributed by atoms with E-state index < -0.39 is 18.0 Å². The summed E-state index contributed by atoms with van der Waals surface area (Å²) in [6.07, 6.45) is -0.661. The van der Waals surface area contributed by atoms with Gasteiger partial charge in [-0.15, -0.1) is 0 Å².